The molecule has 1 aromatic rings. The summed E-state index contributed by atoms with van der Waals surface area (Å²) in [5, 5.41) is 0. The number of rotatable bonds is 6. The number of ether oxygens (including phenoxy) is 1. The van der Waals surface area contributed by atoms with Crippen molar-refractivity contribution >= 4 is 15.7 Å². The molecule has 0 aliphatic carbocycles. The summed E-state index contributed by atoms with van der Waals surface area (Å²) in [6, 6.07) is 7.23. The van der Waals surface area contributed by atoms with Crippen LogP contribution in [0.15, 0.2) is 24.3 Å². The standard InChI is InChI=1S/C14H23N3O3S/c1-16(2)13-7-8-17(11-13)21(18,19)10-9-20-14-5-3-12(15)4-6-14/h3-6,13H,7-11,15H2,1-2H3. The van der Waals surface area contributed by atoms with Crippen LogP contribution in [-0.2, 0) is 10.0 Å². The van der Waals surface area contributed by atoms with Crippen LogP contribution in [0.5, 0.6) is 5.75 Å². The highest BCUT2D eigenvalue weighted by Gasteiger charge is 2.31. The van der Waals surface area contributed by atoms with Gasteiger partial charge in [-0.15, -0.1) is 0 Å². The summed E-state index contributed by atoms with van der Waals surface area (Å²) in [6.45, 7) is 1.31. The van der Waals surface area contributed by atoms with E-state index in [2.05, 4.69) is 4.90 Å². The highest BCUT2D eigenvalue weighted by Crippen LogP contribution is 2.18. The average Bonchev–Trinajstić information content (AvgIpc) is 2.91. The SMILES string of the molecule is CN(C)C1CCN(S(=O)(=O)CCOc2ccc(N)cc2)C1. The Balaban J connectivity index is 1.83. The number of nitrogen functional groups attached to an aromatic ring is 1. The summed E-state index contributed by atoms with van der Waals surface area (Å²) < 4.78 is 31.5. The molecule has 21 heavy (non-hydrogen) atoms. The largest absolute Gasteiger partial charge is 0.492 e. The van der Waals surface area contributed by atoms with Crippen LogP contribution < -0.4 is 10.5 Å². The summed E-state index contributed by atoms with van der Waals surface area (Å²) in [5.74, 6) is 0.629. The molecule has 6 nitrogen and oxygen atoms in total. The second-order valence-electron chi connectivity index (χ2n) is 5.50. The Morgan fingerprint density at radius 1 is 1.33 bits per heavy atom. The molecule has 1 atom stereocenters. The maximum atomic E-state index is 12.3. The van der Waals surface area contributed by atoms with Crippen LogP contribution in [0.3, 0.4) is 0 Å². The van der Waals surface area contributed by atoms with Gasteiger partial charge in [0.05, 0.1) is 5.75 Å². The van der Waals surface area contributed by atoms with E-state index in [-0.39, 0.29) is 12.4 Å². The van der Waals surface area contributed by atoms with E-state index in [0.717, 1.165) is 6.42 Å². The maximum Gasteiger partial charge on any atom is 0.217 e. The van der Waals surface area contributed by atoms with Gasteiger partial charge in [-0.05, 0) is 44.8 Å². The first-order valence-corrected chi connectivity index (χ1v) is 8.62. The molecular formula is C14H23N3O3S. The number of likely N-dealkylation sites (N-methyl/N-ethyl adjacent to an activating group) is 1. The van der Waals surface area contributed by atoms with Crippen molar-refractivity contribution < 1.29 is 13.2 Å². The van der Waals surface area contributed by atoms with Crippen molar-refractivity contribution in [2.75, 3.05) is 45.3 Å². The highest BCUT2D eigenvalue weighted by atomic mass is 32.2. The molecule has 118 valence electrons. The van der Waals surface area contributed by atoms with Crippen LogP contribution in [0, 0.1) is 0 Å². The van der Waals surface area contributed by atoms with E-state index in [1.54, 1.807) is 28.6 Å². The van der Waals surface area contributed by atoms with Gasteiger partial charge in [-0.3, -0.25) is 0 Å². The van der Waals surface area contributed by atoms with Gasteiger partial charge in [0.1, 0.15) is 12.4 Å². The number of hydrogen-bond donors (Lipinski definition) is 1. The van der Waals surface area contributed by atoms with E-state index in [1.807, 2.05) is 14.1 Å². The molecule has 0 spiro atoms. The lowest BCUT2D eigenvalue weighted by molar-refractivity contribution is 0.300. The molecule has 2 N–H and O–H groups in total. The van der Waals surface area contributed by atoms with Crippen molar-refractivity contribution in [3.8, 4) is 5.75 Å². The molecule has 1 unspecified atom stereocenters. The summed E-state index contributed by atoms with van der Waals surface area (Å²) in [5.41, 5.74) is 6.24. The Hall–Kier alpha value is -1.31. The van der Waals surface area contributed by atoms with Gasteiger partial charge >= 0.3 is 0 Å². The van der Waals surface area contributed by atoms with Crippen LogP contribution in [0.2, 0.25) is 0 Å². The second-order valence-corrected chi connectivity index (χ2v) is 7.59. The Morgan fingerprint density at radius 3 is 2.57 bits per heavy atom. The van der Waals surface area contributed by atoms with Crippen LogP contribution >= 0.6 is 0 Å². The molecule has 1 aliphatic heterocycles. The third kappa shape index (κ3) is 4.33. The van der Waals surface area contributed by atoms with Crippen molar-refractivity contribution in [2.24, 2.45) is 0 Å². The fourth-order valence-electron chi connectivity index (χ4n) is 2.34. The molecule has 1 heterocycles. The molecule has 0 aromatic heterocycles. The summed E-state index contributed by atoms with van der Waals surface area (Å²) in [4.78, 5) is 2.07. The number of nitrogens with zero attached hydrogens (tertiary/aromatic N) is 2. The minimum atomic E-state index is -3.25. The first-order valence-electron chi connectivity index (χ1n) is 7.01. The number of benzene rings is 1. The van der Waals surface area contributed by atoms with E-state index in [1.165, 1.54) is 0 Å². The number of hydrogen-bond acceptors (Lipinski definition) is 5. The third-order valence-electron chi connectivity index (χ3n) is 3.74. The average molecular weight is 313 g/mol. The topological polar surface area (TPSA) is 75.9 Å². The molecule has 1 fully saturated rings. The molecule has 1 aliphatic rings. The van der Waals surface area contributed by atoms with E-state index in [9.17, 15) is 8.42 Å². The summed E-state index contributed by atoms with van der Waals surface area (Å²) in [7, 11) is 0.707. The van der Waals surface area contributed by atoms with Crippen LogP contribution in [0.1, 0.15) is 6.42 Å². The summed E-state index contributed by atoms with van der Waals surface area (Å²) >= 11 is 0. The van der Waals surface area contributed by atoms with Gasteiger partial charge in [-0.25, -0.2) is 12.7 Å². The summed E-state index contributed by atoms with van der Waals surface area (Å²) in [6.07, 6.45) is 0.880. The molecule has 7 heteroatoms. The van der Waals surface area contributed by atoms with Gasteiger partial charge in [-0.1, -0.05) is 0 Å². The Kier molecular flexibility index (Phi) is 5.08. The minimum absolute atomic E-state index is 0.00246. The zero-order valence-corrected chi connectivity index (χ0v) is 13.3. The molecule has 0 amide bonds. The van der Waals surface area contributed by atoms with Gasteiger partial charge in [0.15, 0.2) is 0 Å². The lowest BCUT2D eigenvalue weighted by Gasteiger charge is -2.20. The molecule has 0 radical (unpaired) electrons. The molecule has 1 saturated heterocycles. The Labute approximate surface area is 126 Å². The number of sulfonamides is 1. The normalized spacial score (nSPS) is 20.0. The smallest absolute Gasteiger partial charge is 0.217 e. The van der Waals surface area contributed by atoms with E-state index in [0.29, 0.717) is 30.6 Å². The first kappa shape index (κ1) is 16.1. The van der Waals surface area contributed by atoms with Crippen molar-refractivity contribution in [3.63, 3.8) is 0 Å². The molecular weight excluding hydrogens is 290 g/mol. The van der Waals surface area contributed by atoms with Crippen LogP contribution in [0.25, 0.3) is 0 Å². The van der Waals surface area contributed by atoms with E-state index >= 15 is 0 Å². The van der Waals surface area contributed by atoms with Crippen molar-refractivity contribution in [1.29, 1.82) is 0 Å². The molecule has 1 aromatic carbocycles. The predicted octanol–water partition coefficient (Wildman–Crippen LogP) is 0.613. The zero-order valence-electron chi connectivity index (χ0n) is 12.5. The lowest BCUT2D eigenvalue weighted by atomic mass is 10.2. The van der Waals surface area contributed by atoms with E-state index in [4.69, 9.17) is 10.5 Å². The monoisotopic (exact) mass is 313 g/mol. The second kappa shape index (κ2) is 6.64. The minimum Gasteiger partial charge on any atom is -0.492 e. The van der Waals surface area contributed by atoms with Gasteiger partial charge in [0.25, 0.3) is 0 Å². The lowest BCUT2D eigenvalue weighted by Crippen LogP contribution is -2.36. The van der Waals surface area contributed by atoms with E-state index < -0.39 is 10.0 Å². The van der Waals surface area contributed by atoms with Gasteiger partial charge < -0.3 is 15.4 Å². The fraction of sp³-hybridized carbons (Fsp3) is 0.571. The first-order chi connectivity index (χ1) is 9.88. The third-order valence-corrected chi connectivity index (χ3v) is 5.54. The number of nitrogens with two attached hydrogens (primary N) is 1. The Morgan fingerprint density at radius 2 is 2.00 bits per heavy atom. The van der Waals surface area contributed by atoms with Gasteiger partial charge in [0, 0.05) is 24.8 Å². The van der Waals surface area contributed by atoms with Crippen molar-refractivity contribution in [1.82, 2.24) is 9.21 Å². The molecule has 0 saturated carbocycles. The maximum absolute atomic E-state index is 12.3. The Bertz CT molecular complexity index is 557. The molecule has 0 bridgehead atoms. The fourth-order valence-corrected chi connectivity index (χ4v) is 3.68. The highest BCUT2D eigenvalue weighted by molar-refractivity contribution is 7.89. The van der Waals surface area contributed by atoms with Gasteiger partial charge in [0.2, 0.25) is 10.0 Å². The quantitative estimate of drug-likeness (QED) is 0.779. The number of anilines is 1. The van der Waals surface area contributed by atoms with Crippen LogP contribution in [0.4, 0.5) is 5.69 Å². The van der Waals surface area contributed by atoms with Gasteiger partial charge in [-0.2, -0.15) is 0 Å². The molecule has 2 rings (SSSR count). The predicted molar refractivity (Wildman–Crippen MR) is 83.8 cm³/mol. The van der Waals surface area contributed by atoms with Crippen LogP contribution in [-0.4, -0.2) is 63.2 Å². The zero-order chi connectivity index (χ0) is 15.5. The van der Waals surface area contributed by atoms with Crippen molar-refractivity contribution in [2.45, 2.75) is 12.5 Å². The van der Waals surface area contributed by atoms with Crippen molar-refractivity contribution in [3.05, 3.63) is 24.3 Å².